The molecule has 0 saturated heterocycles. The van der Waals surface area contributed by atoms with Gasteiger partial charge in [0, 0.05) is 17.8 Å². The largest absolute Gasteiger partial charge is 0.497 e. The quantitative estimate of drug-likeness (QED) is 0.742. The van der Waals surface area contributed by atoms with E-state index in [2.05, 4.69) is 10.4 Å². The highest BCUT2D eigenvalue weighted by atomic mass is 16.5. The standard InChI is InChI=1S/C21H23N3O2/c1-15-20(16(2)24(23-15)18-7-5-4-6-8-18)14-22-21(25)13-17-9-11-19(26-3)12-10-17/h4-12H,13-14H2,1-3H3,(H,22,25). The number of benzene rings is 2. The number of hydrogen-bond acceptors (Lipinski definition) is 3. The van der Waals surface area contributed by atoms with Crippen molar-refractivity contribution in [3.05, 3.63) is 77.1 Å². The van der Waals surface area contributed by atoms with Gasteiger partial charge in [0.1, 0.15) is 5.75 Å². The van der Waals surface area contributed by atoms with Gasteiger partial charge in [0.05, 0.1) is 24.9 Å². The molecule has 0 fully saturated rings. The lowest BCUT2D eigenvalue weighted by molar-refractivity contribution is -0.120. The highest BCUT2D eigenvalue weighted by molar-refractivity contribution is 5.78. The second kappa shape index (κ2) is 7.87. The van der Waals surface area contributed by atoms with Crippen LogP contribution in [0.2, 0.25) is 0 Å². The summed E-state index contributed by atoms with van der Waals surface area (Å²) in [5, 5.41) is 7.61. The number of hydrogen-bond donors (Lipinski definition) is 1. The first-order valence-corrected chi connectivity index (χ1v) is 8.58. The van der Waals surface area contributed by atoms with Crippen molar-refractivity contribution in [1.29, 1.82) is 0 Å². The van der Waals surface area contributed by atoms with E-state index in [-0.39, 0.29) is 5.91 Å². The van der Waals surface area contributed by atoms with Crippen LogP contribution in [0.5, 0.6) is 5.75 Å². The normalized spacial score (nSPS) is 10.6. The van der Waals surface area contributed by atoms with Crippen molar-refractivity contribution >= 4 is 5.91 Å². The number of ether oxygens (including phenoxy) is 1. The van der Waals surface area contributed by atoms with Gasteiger partial charge in [-0.3, -0.25) is 4.79 Å². The van der Waals surface area contributed by atoms with E-state index < -0.39 is 0 Å². The summed E-state index contributed by atoms with van der Waals surface area (Å²) in [6.45, 7) is 4.47. The number of nitrogens with zero attached hydrogens (tertiary/aromatic N) is 2. The molecule has 0 radical (unpaired) electrons. The van der Waals surface area contributed by atoms with Crippen molar-refractivity contribution in [3.63, 3.8) is 0 Å². The van der Waals surface area contributed by atoms with Gasteiger partial charge in [-0.2, -0.15) is 5.10 Å². The minimum Gasteiger partial charge on any atom is -0.497 e. The number of methoxy groups -OCH3 is 1. The molecule has 1 N–H and O–H groups in total. The Hall–Kier alpha value is -3.08. The smallest absolute Gasteiger partial charge is 0.224 e. The van der Waals surface area contributed by atoms with E-state index in [1.54, 1.807) is 7.11 Å². The van der Waals surface area contributed by atoms with Crippen LogP contribution < -0.4 is 10.1 Å². The Kier molecular flexibility index (Phi) is 5.37. The van der Waals surface area contributed by atoms with Gasteiger partial charge in [-0.05, 0) is 43.7 Å². The summed E-state index contributed by atoms with van der Waals surface area (Å²) in [4.78, 5) is 12.3. The molecule has 5 heteroatoms. The van der Waals surface area contributed by atoms with Crippen LogP contribution in [0.4, 0.5) is 0 Å². The highest BCUT2D eigenvalue weighted by Gasteiger charge is 2.13. The molecule has 2 aromatic carbocycles. The molecule has 0 atom stereocenters. The number of amides is 1. The number of rotatable bonds is 6. The maximum Gasteiger partial charge on any atom is 0.224 e. The van der Waals surface area contributed by atoms with Crippen molar-refractivity contribution in [2.45, 2.75) is 26.8 Å². The number of aromatic nitrogens is 2. The number of carbonyl (C=O) groups is 1. The maximum atomic E-state index is 12.3. The van der Waals surface area contributed by atoms with E-state index in [1.807, 2.05) is 73.1 Å². The van der Waals surface area contributed by atoms with Gasteiger partial charge in [0.15, 0.2) is 0 Å². The second-order valence-electron chi connectivity index (χ2n) is 6.20. The lowest BCUT2D eigenvalue weighted by Crippen LogP contribution is -2.25. The molecular weight excluding hydrogens is 326 g/mol. The summed E-state index contributed by atoms with van der Waals surface area (Å²) in [5.41, 5.74) is 4.99. The van der Waals surface area contributed by atoms with Gasteiger partial charge in [-0.15, -0.1) is 0 Å². The first-order chi connectivity index (χ1) is 12.6. The lowest BCUT2D eigenvalue weighted by Gasteiger charge is -2.08. The summed E-state index contributed by atoms with van der Waals surface area (Å²) in [6.07, 6.45) is 0.342. The van der Waals surface area contributed by atoms with Crippen LogP contribution in [0.1, 0.15) is 22.5 Å². The molecule has 1 amide bonds. The number of nitrogens with one attached hydrogen (secondary N) is 1. The van der Waals surface area contributed by atoms with Gasteiger partial charge >= 0.3 is 0 Å². The molecule has 5 nitrogen and oxygen atoms in total. The van der Waals surface area contributed by atoms with E-state index in [1.165, 1.54) is 0 Å². The third kappa shape index (κ3) is 3.94. The fourth-order valence-corrected chi connectivity index (χ4v) is 2.93. The van der Waals surface area contributed by atoms with Crippen molar-refractivity contribution in [2.24, 2.45) is 0 Å². The molecule has 1 aromatic heterocycles. The first-order valence-electron chi connectivity index (χ1n) is 8.58. The number of carbonyl (C=O) groups excluding carboxylic acids is 1. The van der Waals surface area contributed by atoms with Crippen LogP contribution in [-0.2, 0) is 17.8 Å². The van der Waals surface area contributed by atoms with E-state index in [0.29, 0.717) is 13.0 Å². The fourth-order valence-electron chi connectivity index (χ4n) is 2.93. The van der Waals surface area contributed by atoms with Crippen LogP contribution in [0.25, 0.3) is 5.69 Å². The van der Waals surface area contributed by atoms with Crippen LogP contribution in [0.15, 0.2) is 54.6 Å². The van der Waals surface area contributed by atoms with Crippen LogP contribution >= 0.6 is 0 Å². The predicted octanol–water partition coefficient (Wildman–Crippen LogP) is 3.36. The summed E-state index contributed by atoms with van der Waals surface area (Å²) in [5.74, 6) is 0.773. The molecular formula is C21H23N3O2. The minimum absolute atomic E-state index is 0.0126. The fraction of sp³-hybridized carbons (Fsp3) is 0.238. The van der Waals surface area contributed by atoms with Gasteiger partial charge in [-0.25, -0.2) is 4.68 Å². The summed E-state index contributed by atoms with van der Waals surface area (Å²) < 4.78 is 7.05. The van der Waals surface area contributed by atoms with Crippen LogP contribution in [-0.4, -0.2) is 22.8 Å². The van der Waals surface area contributed by atoms with Gasteiger partial charge in [0.2, 0.25) is 5.91 Å². The first kappa shape index (κ1) is 17.7. The van der Waals surface area contributed by atoms with Gasteiger partial charge in [0.25, 0.3) is 0 Å². The summed E-state index contributed by atoms with van der Waals surface area (Å²) >= 11 is 0. The number of para-hydroxylation sites is 1. The molecule has 3 rings (SSSR count). The predicted molar refractivity (Wildman–Crippen MR) is 102 cm³/mol. The Morgan fingerprint density at radius 2 is 1.77 bits per heavy atom. The topological polar surface area (TPSA) is 56.1 Å². The van der Waals surface area contributed by atoms with Crippen LogP contribution in [0, 0.1) is 13.8 Å². The molecule has 0 aliphatic heterocycles. The number of aryl methyl sites for hydroxylation is 1. The van der Waals surface area contributed by atoms with Crippen LogP contribution in [0.3, 0.4) is 0 Å². The van der Waals surface area contributed by atoms with Gasteiger partial charge in [-0.1, -0.05) is 30.3 Å². The zero-order valence-electron chi connectivity index (χ0n) is 15.3. The monoisotopic (exact) mass is 349 g/mol. The molecule has 3 aromatic rings. The molecule has 26 heavy (non-hydrogen) atoms. The zero-order chi connectivity index (χ0) is 18.5. The lowest BCUT2D eigenvalue weighted by atomic mass is 10.1. The van der Waals surface area contributed by atoms with E-state index in [0.717, 1.165) is 34.0 Å². The summed E-state index contributed by atoms with van der Waals surface area (Å²) in [6, 6.07) is 17.5. The third-order valence-corrected chi connectivity index (χ3v) is 4.43. The van der Waals surface area contributed by atoms with E-state index in [9.17, 15) is 4.79 Å². The maximum absolute atomic E-state index is 12.3. The van der Waals surface area contributed by atoms with Crippen molar-refractivity contribution < 1.29 is 9.53 Å². The average molecular weight is 349 g/mol. The third-order valence-electron chi connectivity index (χ3n) is 4.43. The van der Waals surface area contributed by atoms with Crippen molar-refractivity contribution in [2.75, 3.05) is 7.11 Å². The molecule has 0 aliphatic carbocycles. The van der Waals surface area contributed by atoms with E-state index in [4.69, 9.17) is 4.74 Å². The molecule has 0 bridgehead atoms. The SMILES string of the molecule is COc1ccc(CC(=O)NCc2c(C)nn(-c3ccccc3)c2C)cc1. The second-order valence-corrected chi connectivity index (χ2v) is 6.20. The summed E-state index contributed by atoms with van der Waals surface area (Å²) in [7, 11) is 1.63. The van der Waals surface area contributed by atoms with Gasteiger partial charge < -0.3 is 10.1 Å². The molecule has 0 saturated carbocycles. The highest BCUT2D eigenvalue weighted by Crippen LogP contribution is 2.18. The Morgan fingerprint density at radius 3 is 2.42 bits per heavy atom. The van der Waals surface area contributed by atoms with E-state index >= 15 is 0 Å². The average Bonchev–Trinajstić information content (AvgIpc) is 2.95. The molecule has 0 aliphatic rings. The molecule has 134 valence electrons. The van der Waals surface area contributed by atoms with Crippen molar-refractivity contribution in [3.8, 4) is 11.4 Å². The van der Waals surface area contributed by atoms with Crippen molar-refractivity contribution in [1.82, 2.24) is 15.1 Å². The Morgan fingerprint density at radius 1 is 1.08 bits per heavy atom. The zero-order valence-corrected chi connectivity index (χ0v) is 15.3. The Balaban J connectivity index is 1.65. The molecule has 0 unspecified atom stereocenters. The molecule has 1 heterocycles. The molecule has 0 spiro atoms. The minimum atomic E-state index is -0.0126. The Bertz CT molecular complexity index is 884. The Labute approximate surface area is 153 Å².